The van der Waals surface area contributed by atoms with E-state index in [1.807, 2.05) is 13.0 Å². The fraction of sp³-hybridized carbons (Fsp3) is 0.308. The SMILES string of the molecule is CCNCc1cc(Cl)cc(Cl)c1OCc1cncs1. The summed E-state index contributed by atoms with van der Waals surface area (Å²) in [4.78, 5) is 5.07. The lowest BCUT2D eigenvalue weighted by Crippen LogP contribution is -2.13. The molecule has 102 valence electrons. The van der Waals surface area contributed by atoms with Gasteiger partial charge in [0.25, 0.3) is 0 Å². The first-order valence-electron chi connectivity index (χ1n) is 5.89. The van der Waals surface area contributed by atoms with Crippen LogP contribution in [0.25, 0.3) is 0 Å². The summed E-state index contributed by atoms with van der Waals surface area (Å²) in [7, 11) is 0. The largest absolute Gasteiger partial charge is 0.486 e. The second-order valence-corrected chi connectivity index (χ2v) is 5.73. The molecule has 0 bridgehead atoms. The molecule has 0 unspecified atom stereocenters. The maximum Gasteiger partial charge on any atom is 0.143 e. The van der Waals surface area contributed by atoms with Gasteiger partial charge in [0, 0.05) is 23.3 Å². The minimum absolute atomic E-state index is 0.463. The summed E-state index contributed by atoms with van der Waals surface area (Å²) in [6.45, 7) is 4.06. The number of thiazole rings is 1. The fourth-order valence-electron chi connectivity index (χ4n) is 1.62. The van der Waals surface area contributed by atoms with Gasteiger partial charge in [-0.1, -0.05) is 30.1 Å². The second kappa shape index (κ2) is 7.10. The van der Waals surface area contributed by atoms with Gasteiger partial charge in [0.15, 0.2) is 0 Å². The third-order valence-corrected chi connectivity index (χ3v) is 3.75. The van der Waals surface area contributed by atoms with Crippen molar-refractivity contribution in [3.63, 3.8) is 0 Å². The number of rotatable bonds is 6. The number of aromatic nitrogens is 1. The molecule has 0 amide bonds. The number of benzene rings is 1. The van der Waals surface area contributed by atoms with Crippen LogP contribution in [-0.4, -0.2) is 11.5 Å². The van der Waals surface area contributed by atoms with E-state index in [0.717, 1.165) is 17.0 Å². The van der Waals surface area contributed by atoms with Crippen LogP contribution < -0.4 is 10.1 Å². The van der Waals surface area contributed by atoms with Gasteiger partial charge in [-0.2, -0.15) is 0 Å². The van der Waals surface area contributed by atoms with Crippen molar-refractivity contribution >= 4 is 34.5 Å². The first-order chi connectivity index (χ1) is 9.20. The molecule has 1 aromatic carbocycles. The Bertz CT molecular complexity index is 532. The smallest absolute Gasteiger partial charge is 0.143 e. The van der Waals surface area contributed by atoms with Crippen molar-refractivity contribution in [2.24, 2.45) is 0 Å². The molecule has 0 radical (unpaired) electrons. The maximum absolute atomic E-state index is 6.20. The molecule has 19 heavy (non-hydrogen) atoms. The van der Waals surface area contributed by atoms with E-state index in [-0.39, 0.29) is 0 Å². The van der Waals surface area contributed by atoms with Gasteiger partial charge in [0.2, 0.25) is 0 Å². The Morgan fingerprint density at radius 3 is 2.89 bits per heavy atom. The highest BCUT2D eigenvalue weighted by molar-refractivity contribution is 7.09. The van der Waals surface area contributed by atoms with Gasteiger partial charge in [0.05, 0.1) is 15.4 Å². The molecule has 0 atom stereocenters. The Labute approximate surface area is 126 Å². The topological polar surface area (TPSA) is 34.1 Å². The predicted molar refractivity (Wildman–Crippen MR) is 80.3 cm³/mol. The highest BCUT2D eigenvalue weighted by Crippen LogP contribution is 2.33. The second-order valence-electron chi connectivity index (χ2n) is 3.91. The van der Waals surface area contributed by atoms with Crippen LogP contribution in [0.2, 0.25) is 10.0 Å². The van der Waals surface area contributed by atoms with Crippen molar-refractivity contribution in [1.29, 1.82) is 0 Å². The molecule has 0 aliphatic carbocycles. The van der Waals surface area contributed by atoms with Crippen LogP contribution in [0.15, 0.2) is 23.8 Å². The highest BCUT2D eigenvalue weighted by Gasteiger charge is 2.11. The molecule has 3 nitrogen and oxygen atoms in total. The van der Waals surface area contributed by atoms with Gasteiger partial charge in [-0.05, 0) is 18.7 Å². The standard InChI is InChI=1S/C13H14Cl2N2OS/c1-2-16-5-9-3-10(14)4-12(15)13(9)18-7-11-6-17-8-19-11/h3-4,6,8,16H,2,5,7H2,1H3. The van der Waals surface area contributed by atoms with Crippen LogP contribution in [0.5, 0.6) is 5.75 Å². The van der Waals surface area contributed by atoms with Gasteiger partial charge in [-0.15, -0.1) is 11.3 Å². The summed E-state index contributed by atoms with van der Waals surface area (Å²) in [6.07, 6.45) is 1.79. The molecular weight excluding hydrogens is 303 g/mol. The van der Waals surface area contributed by atoms with Crippen molar-refractivity contribution in [3.05, 3.63) is 44.3 Å². The normalized spacial score (nSPS) is 10.7. The quantitative estimate of drug-likeness (QED) is 0.869. The Kier molecular flexibility index (Phi) is 5.45. The van der Waals surface area contributed by atoms with E-state index in [1.165, 1.54) is 0 Å². The number of halogens is 2. The van der Waals surface area contributed by atoms with Crippen molar-refractivity contribution < 1.29 is 4.74 Å². The summed E-state index contributed by atoms with van der Waals surface area (Å²) in [5.41, 5.74) is 2.74. The molecule has 2 rings (SSSR count). The van der Waals surface area contributed by atoms with Gasteiger partial charge in [0.1, 0.15) is 12.4 Å². The molecule has 6 heteroatoms. The van der Waals surface area contributed by atoms with Crippen molar-refractivity contribution in [2.45, 2.75) is 20.1 Å². The molecule has 1 aromatic heterocycles. The number of ether oxygens (including phenoxy) is 1. The van der Waals surface area contributed by atoms with Gasteiger partial charge < -0.3 is 10.1 Å². The Balaban J connectivity index is 2.16. The maximum atomic E-state index is 6.20. The first kappa shape index (κ1) is 14.6. The van der Waals surface area contributed by atoms with Crippen molar-refractivity contribution in [3.8, 4) is 5.75 Å². The molecule has 1 heterocycles. The third-order valence-electron chi connectivity index (χ3n) is 2.49. The van der Waals surface area contributed by atoms with Gasteiger partial charge in [-0.25, -0.2) is 0 Å². The van der Waals surface area contributed by atoms with E-state index in [2.05, 4.69) is 10.3 Å². The summed E-state index contributed by atoms with van der Waals surface area (Å²) >= 11 is 13.8. The zero-order valence-corrected chi connectivity index (χ0v) is 12.8. The molecule has 0 spiro atoms. The number of nitrogens with one attached hydrogen (secondary N) is 1. The van der Waals surface area contributed by atoms with E-state index >= 15 is 0 Å². The Hall–Kier alpha value is -0.810. The van der Waals surface area contributed by atoms with Crippen LogP contribution in [0.1, 0.15) is 17.4 Å². The monoisotopic (exact) mass is 316 g/mol. The van der Waals surface area contributed by atoms with Crippen LogP contribution >= 0.6 is 34.5 Å². The molecule has 0 aliphatic heterocycles. The average molecular weight is 317 g/mol. The number of hydrogen-bond donors (Lipinski definition) is 1. The Morgan fingerprint density at radius 2 is 2.21 bits per heavy atom. The minimum Gasteiger partial charge on any atom is -0.486 e. The third kappa shape index (κ3) is 4.08. The van der Waals surface area contributed by atoms with Gasteiger partial charge in [-0.3, -0.25) is 4.98 Å². The molecule has 2 aromatic rings. The van der Waals surface area contributed by atoms with Crippen LogP contribution in [-0.2, 0) is 13.2 Å². The zero-order chi connectivity index (χ0) is 13.7. The molecule has 0 saturated heterocycles. The van der Waals surface area contributed by atoms with Crippen molar-refractivity contribution in [1.82, 2.24) is 10.3 Å². The highest BCUT2D eigenvalue weighted by atomic mass is 35.5. The summed E-state index contributed by atoms with van der Waals surface area (Å²) < 4.78 is 5.80. The fourth-order valence-corrected chi connectivity index (χ4v) is 2.72. The Morgan fingerprint density at radius 1 is 1.37 bits per heavy atom. The van der Waals surface area contributed by atoms with E-state index in [1.54, 1.807) is 29.1 Å². The molecular formula is C13H14Cl2N2OS. The average Bonchev–Trinajstić information content (AvgIpc) is 2.88. The summed E-state index contributed by atoms with van der Waals surface area (Å²) in [5.74, 6) is 0.681. The lowest BCUT2D eigenvalue weighted by molar-refractivity contribution is 0.305. The van der Waals surface area contributed by atoms with Crippen molar-refractivity contribution in [2.75, 3.05) is 6.54 Å². The van der Waals surface area contributed by atoms with E-state index in [4.69, 9.17) is 27.9 Å². The molecule has 0 saturated carbocycles. The molecule has 0 fully saturated rings. The van der Waals surface area contributed by atoms with E-state index in [0.29, 0.717) is 28.9 Å². The van der Waals surface area contributed by atoms with Crippen LogP contribution in [0.3, 0.4) is 0 Å². The van der Waals surface area contributed by atoms with Gasteiger partial charge >= 0.3 is 0 Å². The van der Waals surface area contributed by atoms with Crippen LogP contribution in [0.4, 0.5) is 0 Å². The summed E-state index contributed by atoms with van der Waals surface area (Å²) in [5, 5.41) is 4.39. The number of nitrogens with zero attached hydrogens (tertiary/aromatic N) is 1. The molecule has 1 N–H and O–H groups in total. The van der Waals surface area contributed by atoms with E-state index < -0.39 is 0 Å². The number of hydrogen-bond acceptors (Lipinski definition) is 4. The van der Waals surface area contributed by atoms with Crippen LogP contribution in [0, 0.1) is 0 Å². The first-order valence-corrected chi connectivity index (χ1v) is 7.53. The lowest BCUT2D eigenvalue weighted by atomic mass is 10.2. The summed E-state index contributed by atoms with van der Waals surface area (Å²) in [6, 6.07) is 3.57. The lowest BCUT2D eigenvalue weighted by Gasteiger charge is -2.13. The van der Waals surface area contributed by atoms with E-state index in [9.17, 15) is 0 Å². The minimum atomic E-state index is 0.463. The zero-order valence-electron chi connectivity index (χ0n) is 10.5. The predicted octanol–water partition coefficient (Wildman–Crippen LogP) is 4.14. The molecule has 0 aliphatic rings.